The Morgan fingerprint density at radius 3 is 3.05 bits per heavy atom. The molecular formula is C13H11N3O3S. The average molecular weight is 289 g/mol. The molecule has 0 radical (unpaired) electrons. The number of anilines is 3. The van der Waals surface area contributed by atoms with Crippen molar-refractivity contribution in [1.29, 1.82) is 0 Å². The lowest BCUT2D eigenvalue weighted by Crippen LogP contribution is -2.25. The zero-order valence-corrected chi connectivity index (χ0v) is 11.1. The summed E-state index contributed by atoms with van der Waals surface area (Å²) in [5.74, 6) is 0.00830. The van der Waals surface area contributed by atoms with Crippen molar-refractivity contribution in [3.05, 3.63) is 34.5 Å². The van der Waals surface area contributed by atoms with Crippen LogP contribution in [0.1, 0.15) is 10.4 Å². The molecule has 0 saturated heterocycles. The molecule has 0 atom stereocenters. The van der Waals surface area contributed by atoms with Crippen molar-refractivity contribution in [2.45, 2.75) is 0 Å². The number of fused-ring (bicyclic) bond motifs is 1. The summed E-state index contributed by atoms with van der Waals surface area (Å²) < 4.78 is 5.25. The number of ether oxygens (including phenoxy) is 1. The lowest BCUT2D eigenvalue weighted by molar-refractivity contribution is -0.118. The highest BCUT2D eigenvalue weighted by molar-refractivity contribution is 7.08. The Balaban J connectivity index is 1.88. The number of carbonyl (C=O) groups is 2. The van der Waals surface area contributed by atoms with Crippen molar-refractivity contribution in [1.82, 2.24) is 0 Å². The Morgan fingerprint density at radius 2 is 2.30 bits per heavy atom. The Labute approximate surface area is 118 Å². The van der Waals surface area contributed by atoms with Gasteiger partial charge in [-0.05, 0) is 17.5 Å². The topological polar surface area (TPSA) is 93.5 Å². The summed E-state index contributed by atoms with van der Waals surface area (Å²) in [5.41, 5.74) is 7.75. The lowest BCUT2D eigenvalue weighted by atomic mass is 10.2. The average Bonchev–Trinajstić information content (AvgIpc) is 2.94. The standard InChI is InChI=1S/C13H11N3O3S/c14-8-3-11-10(15-12(17)5-19-11)4-9(8)16-13(18)7-1-2-20-6-7/h1-4,6H,5,14H2,(H,15,17)(H,16,18). The summed E-state index contributed by atoms with van der Waals surface area (Å²) in [6.45, 7) is -0.0347. The molecule has 4 N–H and O–H groups in total. The van der Waals surface area contributed by atoms with E-state index in [-0.39, 0.29) is 18.4 Å². The van der Waals surface area contributed by atoms with Crippen LogP contribution in [0.5, 0.6) is 5.75 Å². The van der Waals surface area contributed by atoms with Gasteiger partial charge in [-0.3, -0.25) is 9.59 Å². The third kappa shape index (κ3) is 2.30. The predicted molar refractivity (Wildman–Crippen MR) is 77.3 cm³/mol. The fourth-order valence-corrected chi connectivity index (χ4v) is 2.47. The molecule has 1 aromatic carbocycles. The molecule has 102 valence electrons. The van der Waals surface area contributed by atoms with Crippen LogP contribution in [0.2, 0.25) is 0 Å². The Hall–Kier alpha value is -2.54. The van der Waals surface area contributed by atoms with Crippen molar-refractivity contribution in [2.75, 3.05) is 23.0 Å². The van der Waals surface area contributed by atoms with Gasteiger partial charge in [-0.2, -0.15) is 11.3 Å². The van der Waals surface area contributed by atoms with Gasteiger partial charge < -0.3 is 21.1 Å². The van der Waals surface area contributed by atoms with E-state index in [4.69, 9.17) is 10.5 Å². The van der Waals surface area contributed by atoms with Gasteiger partial charge in [0.25, 0.3) is 11.8 Å². The van der Waals surface area contributed by atoms with E-state index in [2.05, 4.69) is 10.6 Å². The molecule has 2 heterocycles. The van der Waals surface area contributed by atoms with Gasteiger partial charge in [-0.1, -0.05) is 0 Å². The van der Waals surface area contributed by atoms with Gasteiger partial charge in [-0.15, -0.1) is 0 Å². The SMILES string of the molecule is Nc1cc2c(cc1NC(=O)c1ccsc1)NC(=O)CO2. The number of benzene rings is 1. The molecule has 2 aromatic rings. The predicted octanol–water partition coefficient (Wildman–Crippen LogP) is 1.91. The number of nitrogens with one attached hydrogen (secondary N) is 2. The first-order valence-corrected chi connectivity index (χ1v) is 6.77. The van der Waals surface area contributed by atoms with Gasteiger partial charge in [0, 0.05) is 11.4 Å². The highest BCUT2D eigenvalue weighted by Crippen LogP contribution is 2.35. The molecule has 2 amide bonds. The van der Waals surface area contributed by atoms with Crippen molar-refractivity contribution in [3.8, 4) is 5.75 Å². The number of hydrogen-bond donors (Lipinski definition) is 3. The quantitative estimate of drug-likeness (QED) is 0.736. The van der Waals surface area contributed by atoms with E-state index in [0.717, 1.165) is 0 Å². The number of amides is 2. The summed E-state index contributed by atoms with van der Waals surface area (Å²) in [6.07, 6.45) is 0. The van der Waals surface area contributed by atoms with Crippen LogP contribution in [0, 0.1) is 0 Å². The smallest absolute Gasteiger partial charge is 0.262 e. The number of thiophene rings is 1. The third-order valence-electron chi connectivity index (χ3n) is 2.82. The third-order valence-corrected chi connectivity index (χ3v) is 3.50. The summed E-state index contributed by atoms with van der Waals surface area (Å²) in [4.78, 5) is 23.3. The molecule has 6 nitrogen and oxygen atoms in total. The molecule has 3 rings (SSSR count). The molecular weight excluding hydrogens is 278 g/mol. The molecule has 0 aliphatic carbocycles. The number of nitrogens with two attached hydrogens (primary N) is 1. The number of nitrogen functional groups attached to an aromatic ring is 1. The van der Waals surface area contributed by atoms with E-state index < -0.39 is 0 Å². The first-order valence-electron chi connectivity index (χ1n) is 5.83. The molecule has 20 heavy (non-hydrogen) atoms. The Bertz CT molecular complexity index is 682. The molecule has 1 aromatic heterocycles. The Kier molecular flexibility index (Phi) is 3.03. The van der Waals surface area contributed by atoms with Crippen molar-refractivity contribution < 1.29 is 14.3 Å². The maximum absolute atomic E-state index is 12.0. The zero-order valence-electron chi connectivity index (χ0n) is 10.3. The van der Waals surface area contributed by atoms with E-state index >= 15 is 0 Å². The maximum atomic E-state index is 12.0. The second kappa shape index (κ2) is 4.86. The van der Waals surface area contributed by atoms with Crippen LogP contribution in [0.25, 0.3) is 0 Å². The van der Waals surface area contributed by atoms with Gasteiger partial charge in [0.15, 0.2) is 6.61 Å². The largest absolute Gasteiger partial charge is 0.482 e. The number of rotatable bonds is 2. The first kappa shape index (κ1) is 12.5. The van der Waals surface area contributed by atoms with Crippen LogP contribution < -0.4 is 21.1 Å². The number of carbonyl (C=O) groups excluding carboxylic acids is 2. The van der Waals surface area contributed by atoms with Crippen molar-refractivity contribution >= 4 is 40.2 Å². The fraction of sp³-hybridized carbons (Fsp3) is 0.0769. The van der Waals surface area contributed by atoms with Crippen LogP contribution in [-0.4, -0.2) is 18.4 Å². The molecule has 0 bridgehead atoms. The molecule has 0 saturated carbocycles. The zero-order chi connectivity index (χ0) is 14.1. The second-order valence-electron chi connectivity index (χ2n) is 4.24. The number of hydrogen-bond acceptors (Lipinski definition) is 5. The molecule has 7 heteroatoms. The minimum absolute atomic E-state index is 0.0347. The van der Waals surface area contributed by atoms with Gasteiger partial charge >= 0.3 is 0 Å². The second-order valence-corrected chi connectivity index (χ2v) is 5.02. The summed E-state index contributed by atoms with van der Waals surface area (Å²) in [5, 5.41) is 8.94. The van der Waals surface area contributed by atoms with Gasteiger partial charge in [0.1, 0.15) is 5.75 Å². The molecule has 0 unspecified atom stereocenters. The molecule has 1 aliphatic rings. The highest BCUT2D eigenvalue weighted by atomic mass is 32.1. The van der Waals surface area contributed by atoms with Crippen LogP contribution in [0.3, 0.4) is 0 Å². The normalized spacial score (nSPS) is 13.1. The van der Waals surface area contributed by atoms with Gasteiger partial charge in [0.05, 0.1) is 22.6 Å². The van der Waals surface area contributed by atoms with Gasteiger partial charge in [-0.25, -0.2) is 0 Å². The first-order chi connectivity index (χ1) is 9.63. The lowest BCUT2D eigenvalue weighted by Gasteiger charge is -2.20. The summed E-state index contributed by atoms with van der Waals surface area (Å²) >= 11 is 1.44. The van der Waals surface area contributed by atoms with E-state index in [0.29, 0.717) is 28.4 Å². The van der Waals surface area contributed by atoms with Crippen LogP contribution >= 0.6 is 11.3 Å². The van der Waals surface area contributed by atoms with E-state index in [1.165, 1.54) is 11.3 Å². The van der Waals surface area contributed by atoms with E-state index in [9.17, 15) is 9.59 Å². The molecule has 1 aliphatic heterocycles. The monoisotopic (exact) mass is 289 g/mol. The molecule has 0 fully saturated rings. The van der Waals surface area contributed by atoms with Crippen LogP contribution in [0.4, 0.5) is 17.1 Å². The Morgan fingerprint density at radius 1 is 1.45 bits per heavy atom. The minimum Gasteiger partial charge on any atom is -0.482 e. The van der Waals surface area contributed by atoms with Crippen molar-refractivity contribution in [3.63, 3.8) is 0 Å². The minimum atomic E-state index is -0.249. The van der Waals surface area contributed by atoms with Gasteiger partial charge in [0.2, 0.25) is 0 Å². The summed E-state index contributed by atoms with van der Waals surface area (Å²) in [6, 6.07) is 4.89. The summed E-state index contributed by atoms with van der Waals surface area (Å²) in [7, 11) is 0. The van der Waals surface area contributed by atoms with Crippen molar-refractivity contribution in [2.24, 2.45) is 0 Å². The van der Waals surface area contributed by atoms with Crippen LogP contribution in [-0.2, 0) is 4.79 Å². The maximum Gasteiger partial charge on any atom is 0.262 e. The van der Waals surface area contributed by atoms with Crippen LogP contribution in [0.15, 0.2) is 29.0 Å². The highest BCUT2D eigenvalue weighted by Gasteiger charge is 2.19. The molecule has 0 spiro atoms. The van der Waals surface area contributed by atoms with E-state index in [1.54, 1.807) is 23.6 Å². The fourth-order valence-electron chi connectivity index (χ4n) is 1.84. The van der Waals surface area contributed by atoms with E-state index in [1.807, 2.05) is 5.38 Å².